The van der Waals surface area contributed by atoms with Crippen LogP contribution in [0, 0.1) is 11.3 Å². The lowest BCUT2D eigenvalue weighted by Crippen LogP contribution is -2.14. The predicted octanol–water partition coefficient (Wildman–Crippen LogP) is 1.79. The maximum absolute atomic E-state index is 9.09. The number of nitriles is 1. The molecule has 0 spiro atoms. The van der Waals surface area contributed by atoms with Crippen LogP contribution in [-0.2, 0) is 0 Å². The zero-order valence-corrected chi connectivity index (χ0v) is 9.34. The van der Waals surface area contributed by atoms with Crippen LogP contribution in [0.15, 0.2) is 23.1 Å². The van der Waals surface area contributed by atoms with Crippen LogP contribution in [0.3, 0.4) is 0 Å². The van der Waals surface area contributed by atoms with Crippen molar-refractivity contribution in [3.8, 4) is 6.07 Å². The van der Waals surface area contributed by atoms with Crippen molar-refractivity contribution in [2.45, 2.75) is 23.4 Å². The van der Waals surface area contributed by atoms with Crippen molar-refractivity contribution in [2.75, 3.05) is 11.6 Å². The number of anilines is 1. The zero-order chi connectivity index (χ0) is 10.8. The minimum Gasteiger partial charge on any atom is -0.380 e. The molecule has 3 N–H and O–H groups in total. The first-order valence-electron chi connectivity index (χ1n) is 4.85. The molecule has 0 aliphatic heterocycles. The van der Waals surface area contributed by atoms with Crippen LogP contribution < -0.4 is 11.1 Å². The molecule has 15 heavy (non-hydrogen) atoms. The summed E-state index contributed by atoms with van der Waals surface area (Å²) in [5, 5.41) is 12.4. The van der Waals surface area contributed by atoms with Crippen molar-refractivity contribution in [3.63, 3.8) is 0 Å². The smallest absolute Gasteiger partial charge is 0.102 e. The van der Waals surface area contributed by atoms with Gasteiger partial charge in [0.05, 0.1) is 11.3 Å². The Kier molecular flexibility index (Phi) is 2.85. The molecule has 1 aliphatic carbocycles. The first-order valence-corrected chi connectivity index (χ1v) is 6.08. The highest BCUT2D eigenvalue weighted by Gasteiger charge is 2.33. The summed E-state index contributed by atoms with van der Waals surface area (Å²) in [5.41, 5.74) is 7.36. The van der Waals surface area contributed by atoms with Gasteiger partial charge in [-0.05, 0) is 24.8 Å². The molecule has 0 aromatic heterocycles. The van der Waals surface area contributed by atoms with Crippen molar-refractivity contribution in [1.29, 1.82) is 5.26 Å². The summed E-state index contributed by atoms with van der Waals surface area (Å²) in [7, 11) is 0. The van der Waals surface area contributed by atoms with Gasteiger partial charge in [-0.3, -0.25) is 0 Å². The lowest BCUT2D eigenvalue weighted by Gasteiger charge is -2.09. The Labute approximate surface area is 93.7 Å². The van der Waals surface area contributed by atoms with Gasteiger partial charge < -0.3 is 11.1 Å². The normalized spacial score (nSPS) is 23.3. The van der Waals surface area contributed by atoms with E-state index in [-0.39, 0.29) is 6.04 Å². The van der Waals surface area contributed by atoms with Crippen LogP contribution in [0.5, 0.6) is 0 Å². The van der Waals surface area contributed by atoms with Gasteiger partial charge in [0.25, 0.3) is 0 Å². The molecule has 2 rings (SSSR count). The quantitative estimate of drug-likeness (QED) is 0.761. The number of benzene rings is 1. The molecule has 78 valence electrons. The molecule has 1 saturated carbocycles. The van der Waals surface area contributed by atoms with Crippen LogP contribution in [0.1, 0.15) is 12.0 Å². The third-order valence-corrected chi connectivity index (χ3v) is 3.32. The van der Waals surface area contributed by atoms with E-state index in [0.29, 0.717) is 6.04 Å². The Bertz CT molecular complexity index is 411. The summed E-state index contributed by atoms with van der Waals surface area (Å²) in [5.74, 6) is 0. The number of nitrogens with one attached hydrogen (secondary N) is 1. The summed E-state index contributed by atoms with van der Waals surface area (Å²) in [4.78, 5) is 1.01. The van der Waals surface area contributed by atoms with Gasteiger partial charge in [-0.15, -0.1) is 11.8 Å². The van der Waals surface area contributed by atoms with Gasteiger partial charge in [-0.25, -0.2) is 0 Å². The van der Waals surface area contributed by atoms with Crippen LogP contribution in [0.2, 0.25) is 0 Å². The maximum Gasteiger partial charge on any atom is 0.102 e. The van der Waals surface area contributed by atoms with Crippen molar-refractivity contribution < 1.29 is 0 Å². The molecule has 0 amide bonds. The second kappa shape index (κ2) is 4.13. The predicted molar refractivity (Wildman–Crippen MR) is 62.9 cm³/mol. The number of rotatable bonds is 3. The highest BCUT2D eigenvalue weighted by molar-refractivity contribution is 7.98. The van der Waals surface area contributed by atoms with Gasteiger partial charge in [-0.1, -0.05) is 6.07 Å². The van der Waals surface area contributed by atoms with Crippen LogP contribution in [-0.4, -0.2) is 18.3 Å². The fourth-order valence-corrected chi connectivity index (χ4v) is 2.09. The molecule has 1 aromatic rings. The molecule has 0 radical (unpaired) electrons. The molecule has 2 unspecified atom stereocenters. The highest BCUT2D eigenvalue weighted by Crippen LogP contribution is 2.30. The molecule has 1 aliphatic rings. The Balaban J connectivity index is 2.26. The molecule has 0 bridgehead atoms. The monoisotopic (exact) mass is 219 g/mol. The Morgan fingerprint density at radius 2 is 2.33 bits per heavy atom. The first kappa shape index (κ1) is 10.3. The van der Waals surface area contributed by atoms with Gasteiger partial charge in [0.1, 0.15) is 6.07 Å². The van der Waals surface area contributed by atoms with Crippen molar-refractivity contribution in [2.24, 2.45) is 5.73 Å². The molecule has 1 aromatic carbocycles. The number of hydrogen-bond acceptors (Lipinski definition) is 4. The molecule has 2 atom stereocenters. The lowest BCUT2D eigenvalue weighted by atomic mass is 10.2. The largest absolute Gasteiger partial charge is 0.380 e. The van der Waals surface area contributed by atoms with Gasteiger partial charge in [0, 0.05) is 17.0 Å². The van der Waals surface area contributed by atoms with E-state index < -0.39 is 0 Å². The molecule has 4 heteroatoms. The second-order valence-electron chi connectivity index (χ2n) is 3.65. The zero-order valence-electron chi connectivity index (χ0n) is 8.53. The van der Waals surface area contributed by atoms with E-state index in [2.05, 4.69) is 11.4 Å². The Hall–Kier alpha value is -1.18. The number of nitrogens with two attached hydrogens (primary N) is 1. The molecule has 0 saturated heterocycles. The van der Waals surface area contributed by atoms with E-state index in [0.717, 1.165) is 22.6 Å². The number of thioether (sulfide) groups is 1. The van der Waals surface area contributed by atoms with E-state index in [9.17, 15) is 0 Å². The second-order valence-corrected chi connectivity index (χ2v) is 4.49. The van der Waals surface area contributed by atoms with E-state index in [4.69, 9.17) is 11.0 Å². The molecule has 0 heterocycles. The van der Waals surface area contributed by atoms with Gasteiger partial charge >= 0.3 is 0 Å². The fraction of sp³-hybridized carbons (Fsp3) is 0.364. The SMILES string of the molecule is CSc1cccc(NC2CC2N)c1C#N. The summed E-state index contributed by atoms with van der Waals surface area (Å²) < 4.78 is 0. The molecular weight excluding hydrogens is 206 g/mol. The van der Waals surface area contributed by atoms with Crippen molar-refractivity contribution in [1.82, 2.24) is 0 Å². The topological polar surface area (TPSA) is 61.8 Å². The molecule has 3 nitrogen and oxygen atoms in total. The average Bonchev–Trinajstić information content (AvgIpc) is 2.94. The summed E-state index contributed by atoms with van der Waals surface area (Å²) >= 11 is 1.59. The minimum atomic E-state index is 0.245. The van der Waals surface area contributed by atoms with Crippen molar-refractivity contribution >= 4 is 17.4 Å². The van der Waals surface area contributed by atoms with Gasteiger partial charge in [-0.2, -0.15) is 5.26 Å². The Morgan fingerprint density at radius 3 is 2.87 bits per heavy atom. The van der Waals surface area contributed by atoms with Crippen molar-refractivity contribution in [3.05, 3.63) is 23.8 Å². The van der Waals surface area contributed by atoms with Gasteiger partial charge in [0.15, 0.2) is 0 Å². The highest BCUT2D eigenvalue weighted by atomic mass is 32.2. The number of hydrogen-bond donors (Lipinski definition) is 2. The van der Waals surface area contributed by atoms with Crippen LogP contribution in [0.25, 0.3) is 0 Å². The van der Waals surface area contributed by atoms with E-state index >= 15 is 0 Å². The fourth-order valence-electron chi connectivity index (χ4n) is 1.52. The van der Waals surface area contributed by atoms with Gasteiger partial charge in [0.2, 0.25) is 0 Å². The summed E-state index contributed by atoms with van der Waals surface area (Å²) in [6, 6.07) is 8.68. The van der Waals surface area contributed by atoms with E-state index in [1.54, 1.807) is 11.8 Å². The summed E-state index contributed by atoms with van der Waals surface area (Å²) in [6.07, 6.45) is 2.97. The third kappa shape index (κ3) is 2.09. The number of nitrogens with zero attached hydrogens (tertiary/aromatic N) is 1. The Morgan fingerprint density at radius 1 is 1.60 bits per heavy atom. The molecule has 1 fully saturated rings. The first-order chi connectivity index (χ1) is 7.26. The average molecular weight is 219 g/mol. The third-order valence-electron chi connectivity index (χ3n) is 2.54. The van der Waals surface area contributed by atoms with E-state index in [1.807, 2.05) is 24.5 Å². The van der Waals surface area contributed by atoms with E-state index in [1.165, 1.54) is 0 Å². The maximum atomic E-state index is 9.09. The summed E-state index contributed by atoms with van der Waals surface area (Å²) in [6.45, 7) is 0. The molecular formula is C11H13N3S. The minimum absolute atomic E-state index is 0.245. The van der Waals surface area contributed by atoms with Crippen LogP contribution in [0.4, 0.5) is 5.69 Å². The van der Waals surface area contributed by atoms with Crippen LogP contribution >= 0.6 is 11.8 Å². The standard InChI is InChI=1S/C11H13N3S/c1-15-11-4-2-3-9(7(11)6-12)14-10-5-8(10)13/h2-4,8,10,14H,5,13H2,1H3. The lowest BCUT2D eigenvalue weighted by molar-refractivity contribution is 1.00.